The monoisotopic (exact) mass is 462 g/mol. The SMILES string of the molecule is O=C(OC1CCCCC1)c1nc(-c2ccc(Cl)cc2Cl)c(Cc2ccc(Cl)cc2)[nH]1. The number of benzene rings is 2. The van der Waals surface area contributed by atoms with Crippen LogP contribution in [-0.4, -0.2) is 22.0 Å². The summed E-state index contributed by atoms with van der Waals surface area (Å²) in [4.78, 5) is 20.5. The number of ether oxygens (including phenoxy) is 1. The molecule has 30 heavy (non-hydrogen) atoms. The number of nitrogens with zero attached hydrogens (tertiary/aromatic N) is 1. The molecule has 1 heterocycles. The first-order chi connectivity index (χ1) is 14.5. The quantitative estimate of drug-likeness (QED) is 0.410. The molecule has 156 valence electrons. The van der Waals surface area contributed by atoms with E-state index in [1.54, 1.807) is 12.1 Å². The van der Waals surface area contributed by atoms with Crippen LogP contribution in [0.1, 0.15) is 54.0 Å². The molecule has 0 unspecified atom stereocenters. The number of esters is 1. The van der Waals surface area contributed by atoms with Crippen molar-refractivity contribution in [2.75, 3.05) is 0 Å². The Morgan fingerprint density at radius 3 is 2.40 bits per heavy atom. The fourth-order valence-electron chi connectivity index (χ4n) is 3.73. The maximum atomic E-state index is 12.8. The molecule has 1 saturated carbocycles. The molecule has 0 bridgehead atoms. The van der Waals surface area contributed by atoms with E-state index in [9.17, 15) is 4.79 Å². The average Bonchev–Trinajstić information content (AvgIpc) is 3.14. The molecule has 1 aliphatic carbocycles. The topological polar surface area (TPSA) is 55.0 Å². The van der Waals surface area contributed by atoms with Gasteiger partial charge in [0.05, 0.1) is 10.7 Å². The molecule has 0 radical (unpaired) electrons. The van der Waals surface area contributed by atoms with Crippen LogP contribution in [-0.2, 0) is 11.2 Å². The number of H-pyrrole nitrogens is 1. The van der Waals surface area contributed by atoms with Crippen LogP contribution in [0.25, 0.3) is 11.3 Å². The van der Waals surface area contributed by atoms with Crippen LogP contribution in [0.15, 0.2) is 42.5 Å². The van der Waals surface area contributed by atoms with Gasteiger partial charge in [-0.3, -0.25) is 0 Å². The van der Waals surface area contributed by atoms with Crippen molar-refractivity contribution in [3.05, 3.63) is 74.6 Å². The predicted molar refractivity (Wildman–Crippen MR) is 121 cm³/mol. The number of halogens is 3. The highest BCUT2D eigenvalue weighted by atomic mass is 35.5. The van der Waals surface area contributed by atoms with Crippen molar-refractivity contribution >= 4 is 40.8 Å². The zero-order valence-corrected chi connectivity index (χ0v) is 18.5. The minimum absolute atomic E-state index is 0.0429. The molecule has 0 aliphatic heterocycles. The van der Waals surface area contributed by atoms with E-state index in [0.717, 1.165) is 36.9 Å². The lowest BCUT2D eigenvalue weighted by molar-refractivity contribution is 0.0198. The van der Waals surface area contributed by atoms with E-state index in [0.29, 0.717) is 32.7 Å². The molecular weight excluding hydrogens is 443 g/mol. The van der Waals surface area contributed by atoms with Gasteiger partial charge in [-0.2, -0.15) is 0 Å². The number of hydrogen-bond acceptors (Lipinski definition) is 3. The van der Waals surface area contributed by atoms with Crippen molar-refractivity contribution in [3.63, 3.8) is 0 Å². The molecule has 0 spiro atoms. The number of nitrogens with one attached hydrogen (secondary N) is 1. The van der Waals surface area contributed by atoms with Crippen LogP contribution in [0, 0.1) is 0 Å². The Kier molecular flexibility index (Phi) is 6.67. The number of rotatable bonds is 5. The van der Waals surface area contributed by atoms with E-state index >= 15 is 0 Å². The van der Waals surface area contributed by atoms with Crippen LogP contribution >= 0.6 is 34.8 Å². The first-order valence-corrected chi connectivity index (χ1v) is 11.1. The van der Waals surface area contributed by atoms with E-state index in [2.05, 4.69) is 9.97 Å². The van der Waals surface area contributed by atoms with Crippen molar-refractivity contribution in [2.24, 2.45) is 0 Å². The Balaban J connectivity index is 1.67. The van der Waals surface area contributed by atoms with Gasteiger partial charge in [-0.15, -0.1) is 0 Å². The second-order valence-corrected chi connectivity index (χ2v) is 8.79. The van der Waals surface area contributed by atoms with Crippen LogP contribution in [0.2, 0.25) is 15.1 Å². The Morgan fingerprint density at radius 2 is 1.70 bits per heavy atom. The third kappa shape index (κ3) is 5.00. The summed E-state index contributed by atoms with van der Waals surface area (Å²) in [6, 6.07) is 12.8. The molecule has 1 N–H and O–H groups in total. The highest BCUT2D eigenvalue weighted by Crippen LogP contribution is 2.33. The summed E-state index contributed by atoms with van der Waals surface area (Å²) in [5.74, 6) is -0.249. The molecule has 3 aromatic rings. The lowest BCUT2D eigenvalue weighted by Gasteiger charge is -2.21. The van der Waals surface area contributed by atoms with Gasteiger partial charge in [-0.25, -0.2) is 9.78 Å². The lowest BCUT2D eigenvalue weighted by atomic mass is 9.98. The van der Waals surface area contributed by atoms with E-state index in [-0.39, 0.29) is 11.9 Å². The van der Waals surface area contributed by atoms with Gasteiger partial charge in [0.1, 0.15) is 6.10 Å². The van der Waals surface area contributed by atoms with Crippen molar-refractivity contribution < 1.29 is 9.53 Å². The molecule has 1 aromatic heterocycles. The Labute approximate surface area is 190 Å². The zero-order chi connectivity index (χ0) is 21.1. The van der Waals surface area contributed by atoms with Crippen molar-refractivity contribution in [1.82, 2.24) is 9.97 Å². The number of aromatic nitrogens is 2. The van der Waals surface area contributed by atoms with E-state index in [4.69, 9.17) is 39.5 Å². The Morgan fingerprint density at radius 1 is 1.00 bits per heavy atom. The standard InChI is InChI=1S/C23H21Cl3N2O2/c24-15-8-6-14(7-9-15)12-20-21(18-11-10-16(25)13-19(18)26)28-22(27-20)23(29)30-17-4-2-1-3-5-17/h6-11,13,17H,1-5,12H2,(H,27,28). The van der Waals surface area contributed by atoms with Crippen LogP contribution in [0.5, 0.6) is 0 Å². The summed E-state index contributed by atoms with van der Waals surface area (Å²) < 4.78 is 5.69. The molecule has 7 heteroatoms. The molecule has 2 aromatic carbocycles. The van der Waals surface area contributed by atoms with Crippen molar-refractivity contribution in [2.45, 2.75) is 44.6 Å². The smallest absolute Gasteiger partial charge is 0.374 e. The molecule has 4 rings (SSSR count). The van der Waals surface area contributed by atoms with Gasteiger partial charge in [0.2, 0.25) is 5.82 Å². The number of carbonyl (C=O) groups excluding carboxylic acids is 1. The molecule has 1 aliphatic rings. The maximum absolute atomic E-state index is 12.8. The summed E-state index contributed by atoms with van der Waals surface area (Å²) in [6.45, 7) is 0. The van der Waals surface area contributed by atoms with Crippen LogP contribution in [0.4, 0.5) is 0 Å². The minimum Gasteiger partial charge on any atom is -0.457 e. The molecular formula is C23H21Cl3N2O2. The van der Waals surface area contributed by atoms with Gasteiger partial charge in [0.15, 0.2) is 0 Å². The Hall–Kier alpha value is -2.01. The second-order valence-electron chi connectivity index (χ2n) is 7.51. The highest BCUT2D eigenvalue weighted by molar-refractivity contribution is 6.36. The van der Waals surface area contributed by atoms with Gasteiger partial charge in [0.25, 0.3) is 0 Å². The summed E-state index contributed by atoms with van der Waals surface area (Å²) in [7, 11) is 0. The summed E-state index contributed by atoms with van der Waals surface area (Å²) in [5, 5.41) is 1.68. The minimum atomic E-state index is -0.435. The average molecular weight is 464 g/mol. The predicted octanol–water partition coefficient (Wildman–Crippen LogP) is 7.12. The van der Waals surface area contributed by atoms with Gasteiger partial charge in [0, 0.05) is 27.7 Å². The first-order valence-electron chi connectivity index (χ1n) is 9.99. The highest BCUT2D eigenvalue weighted by Gasteiger charge is 2.24. The zero-order valence-electron chi connectivity index (χ0n) is 16.3. The molecule has 4 nitrogen and oxygen atoms in total. The lowest BCUT2D eigenvalue weighted by Crippen LogP contribution is -2.21. The van der Waals surface area contributed by atoms with E-state index < -0.39 is 5.97 Å². The van der Waals surface area contributed by atoms with Gasteiger partial charge >= 0.3 is 5.97 Å². The third-order valence-corrected chi connectivity index (χ3v) is 6.08. The number of imidazole rings is 1. The molecule has 0 atom stereocenters. The fourth-order valence-corrected chi connectivity index (χ4v) is 4.36. The van der Waals surface area contributed by atoms with Gasteiger partial charge < -0.3 is 9.72 Å². The molecule has 0 saturated heterocycles. The van der Waals surface area contributed by atoms with E-state index in [1.807, 2.05) is 30.3 Å². The van der Waals surface area contributed by atoms with Crippen LogP contribution in [0.3, 0.4) is 0 Å². The van der Waals surface area contributed by atoms with Crippen molar-refractivity contribution in [3.8, 4) is 11.3 Å². The summed E-state index contributed by atoms with van der Waals surface area (Å²) in [6.07, 6.45) is 5.67. The van der Waals surface area contributed by atoms with Crippen LogP contribution < -0.4 is 0 Å². The van der Waals surface area contributed by atoms with Gasteiger partial charge in [-0.1, -0.05) is 53.4 Å². The first kappa shape index (κ1) is 21.2. The normalized spacial score (nSPS) is 14.6. The number of aromatic amines is 1. The Bertz CT molecular complexity index is 1040. The van der Waals surface area contributed by atoms with Crippen molar-refractivity contribution in [1.29, 1.82) is 0 Å². The summed E-state index contributed by atoms with van der Waals surface area (Å²) >= 11 is 18.5. The molecule has 1 fully saturated rings. The molecule has 0 amide bonds. The third-order valence-electron chi connectivity index (χ3n) is 5.28. The maximum Gasteiger partial charge on any atom is 0.374 e. The van der Waals surface area contributed by atoms with Gasteiger partial charge in [-0.05, 0) is 61.6 Å². The second kappa shape index (κ2) is 9.42. The number of hydrogen-bond donors (Lipinski definition) is 1. The number of carbonyl (C=O) groups is 1. The summed E-state index contributed by atoms with van der Waals surface area (Å²) in [5.41, 5.74) is 3.12. The van der Waals surface area contributed by atoms with E-state index in [1.165, 1.54) is 6.42 Å². The fraction of sp³-hybridized carbons (Fsp3) is 0.304. The largest absolute Gasteiger partial charge is 0.457 e.